The number of nitrogens with zero attached hydrogens (tertiary/aromatic N) is 2. The normalized spacial score (nSPS) is 11.0. The average molecular weight is 382 g/mol. The van der Waals surface area contributed by atoms with E-state index in [4.69, 9.17) is 11.6 Å². The van der Waals surface area contributed by atoms with Crippen molar-refractivity contribution in [3.63, 3.8) is 0 Å². The lowest BCUT2D eigenvalue weighted by Crippen LogP contribution is -2.23. The van der Waals surface area contributed by atoms with Crippen molar-refractivity contribution in [2.45, 2.75) is 13.1 Å². The first-order valence-corrected chi connectivity index (χ1v) is 9.41. The van der Waals surface area contributed by atoms with Crippen LogP contribution in [0.5, 0.6) is 0 Å². The van der Waals surface area contributed by atoms with Crippen molar-refractivity contribution in [3.05, 3.63) is 88.0 Å². The predicted octanol–water partition coefficient (Wildman–Crippen LogP) is 4.73. The summed E-state index contributed by atoms with van der Waals surface area (Å²) >= 11 is 7.81. The molecule has 26 heavy (non-hydrogen) atoms. The number of carbonyl (C=O) groups excluding carboxylic acids is 1. The quantitative estimate of drug-likeness (QED) is 0.543. The maximum absolute atomic E-state index is 12.6. The molecule has 4 nitrogen and oxygen atoms in total. The maximum atomic E-state index is 12.6. The molecule has 0 unspecified atom stereocenters. The summed E-state index contributed by atoms with van der Waals surface area (Å²) in [6.07, 6.45) is 3.68. The van der Waals surface area contributed by atoms with Gasteiger partial charge in [0, 0.05) is 29.0 Å². The van der Waals surface area contributed by atoms with Crippen LogP contribution in [0.1, 0.15) is 20.8 Å². The fourth-order valence-electron chi connectivity index (χ4n) is 2.87. The highest BCUT2D eigenvalue weighted by Crippen LogP contribution is 2.35. The molecule has 0 aliphatic heterocycles. The third-order valence-electron chi connectivity index (χ3n) is 4.19. The molecular weight excluding hydrogens is 366 g/mol. The van der Waals surface area contributed by atoms with Gasteiger partial charge in [-0.15, -0.1) is 11.3 Å². The second kappa shape index (κ2) is 7.32. The van der Waals surface area contributed by atoms with Crippen molar-refractivity contribution in [1.82, 2.24) is 15.1 Å². The number of benzene rings is 2. The largest absolute Gasteiger partial charge is 0.347 e. The molecule has 2 aromatic carbocycles. The van der Waals surface area contributed by atoms with Crippen LogP contribution in [0.3, 0.4) is 0 Å². The summed E-state index contributed by atoms with van der Waals surface area (Å²) in [5.41, 5.74) is 2.19. The molecule has 1 N–H and O–H groups in total. The van der Waals surface area contributed by atoms with Gasteiger partial charge in [-0.25, -0.2) is 0 Å². The van der Waals surface area contributed by atoms with Crippen molar-refractivity contribution in [1.29, 1.82) is 0 Å². The maximum Gasteiger partial charge on any atom is 0.263 e. The summed E-state index contributed by atoms with van der Waals surface area (Å²) in [6.45, 7) is 1.11. The highest BCUT2D eigenvalue weighted by molar-refractivity contribution is 7.21. The zero-order chi connectivity index (χ0) is 17.9. The van der Waals surface area contributed by atoms with Gasteiger partial charge in [-0.05, 0) is 23.3 Å². The molecular formula is C20H16ClN3OS. The van der Waals surface area contributed by atoms with Gasteiger partial charge in [-0.1, -0.05) is 54.1 Å². The van der Waals surface area contributed by atoms with Crippen molar-refractivity contribution in [3.8, 4) is 0 Å². The van der Waals surface area contributed by atoms with E-state index in [0.29, 0.717) is 23.0 Å². The molecule has 0 atom stereocenters. The fraction of sp³-hybridized carbons (Fsp3) is 0.100. The number of halogens is 1. The van der Waals surface area contributed by atoms with Gasteiger partial charge in [0.15, 0.2) is 0 Å². The number of carbonyl (C=O) groups is 1. The Morgan fingerprint density at radius 2 is 1.85 bits per heavy atom. The van der Waals surface area contributed by atoms with Crippen molar-refractivity contribution >= 4 is 38.9 Å². The lowest BCUT2D eigenvalue weighted by Gasteiger charge is -2.10. The van der Waals surface area contributed by atoms with Crippen LogP contribution in [0.25, 0.3) is 10.1 Å². The van der Waals surface area contributed by atoms with Crippen LogP contribution in [0.15, 0.2) is 67.0 Å². The molecule has 0 saturated heterocycles. The molecule has 2 heterocycles. The molecule has 1 amide bonds. The topological polar surface area (TPSA) is 46.9 Å². The first-order chi connectivity index (χ1) is 12.7. The standard InChI is InChI=1S/C20H16ClN3OS/c21-18-16-8-3-4-9-17(16)26-19(18)20(25)22-12-14-6-1-2-7-15(14)13-24-11-5-10-23-24/h1-11H,12-13H2,(H,22,25). The Hall–Kier alpha value is -2.63. The Kier molecular flexibility index (Phi) is 4.73. The Morgan fingerprint density at radius 3 is 2.62 bits per heavy atom. The smallest absolute Gasteiger partial charge is 0.263 e. The lowest BCUT2D eigenvalue weighted by atomic mass is 10.1. The minimum Gasteiger partial charge on any atom is -0.347 e. The SMILES string of the molecule is O=C(NCc1ccccc1Cn1cccn1)c1sc2ccccc2c1Cl. The Bertz CT molecular complexity index is 1060. The van der Waals surface area contributed by atoms with E-state index < -0.39 is 0 Å². The van der Waals surface area contributed by atoms with Gasteiger partial charge >= 0.3 is 0 Å². The molecule has 0 fully saturated rings. The molecule has 6 heteroatoms. The second-order valence-electron chi connectivity index (χ2n) is 5.90. The van der Waals surface area contributed by atoms with Crippen LogP contribution in [0.4, 0.5) is 0 Å². The van der Waals surface area contributed by atoms with Gasteiger partial charge in [0.05, 0.1) is 11.6 Å². The van der Waals surface area contributed by atoms with Gasteiger partial charge < -0.3 is 5.32 Å². The van der Waals surface area contributed by atoms with E-state index >= 15 is 0 Å². The van der Waals surface area contributed by atoms with Gasteiger partial charge in [0.2, 0.25) is 0 Å². The number of hydrogen-bond acceptors (Lipinski definition) is 3. The minimum absolute atomic E-state index is 0.148. The summed E-state index contributed by atoms with van der Waals surface area (Å²) in [6, 6.07) is 17.7. The molecule has 4 rings (SSSR count). The third kappa shape index (κ3) is 3.36. The summed E-state index contributed by atoms with van der Waals surface area (Å²) < 4.78 is 2.88. The van der Waals surface area contributed by atoms with Crippen LogP contribution < -0.4 is 5.32 Å². The summed E-state index contributed by atoms with van der Waals surface area (Å²) in [7, 11) is 0. The van der Waals surface area contributed by atoms with E-state index in [1.165, 1.54) is 11.3 Å². The number of rotatable bonds is 5. The van der Waals surface area contributed by atoms with Crippen LogP contribution in [-0.2, 0) is 13.1 Å². The Balaban J connectivity index is 1.52. The molecule has 0 aliphatic rings. The average Bonchev–Trinajstić information content (AvgIpc) is 3.29. The van der Waals surface area contributed by atoms with E-state index in [1.54, 1.807) is 6.20 Å². The van der Waals surface area contributed by atoms with E-state index in [0.717, 1.165) is 21.2 Å². The molecule has 0 spiro atoms. The molecule has 0 radical (unpaired) electrons. The van der Waals surface area contributed by atoms with Crippen LogP contribution in [-0.4, -0.2) is 15.7 Å². The van der Waals surface area contributed by atoms with Crippen molar-refractivity contribution in [2.75, 3.05) is 0 Å². The number of hydrogen-bond donors (Lipinski definition) is 1. The van der Waals surface area contributed by atoms with E-state index in [2.05, 4.69) is 16.5 Å². The summed E-state index contributed by atoms with van der Waals surface area (Å²) in [5, 5.41) is 8.68. The minimum atomic E-state index is -0.148. The predicted molar refractivity (Wildman–Crippen MR) is 106 cm³/mol. The molecule has 0 bridgehead atoms. The molecule has 2 aromatic heterocycles. The first kappa shape index (κ1) is 16.8. The third-order valence-corrected chi connectivity index (χ3v) is 5.86. The van der Waals surface area contributed by atoms with Crippen LogP contribution >= 0.6 is 22.9 Å². The molecule has 0 saturated carbocycles. The number of nitrogens with one attached hydrogen (secondary N) is 1. The van der Waals surface area contributed by atoms with Gasteiger partial charge in [0.25, 0.3) is 5.91 Å². The van der Waals surface area contributed by atoms with Gasteiger partial charge in [-0.3, -0.25) is 9.48 Å². The van der Waals surface area contributed by atoms with Gasteiger partial charge in [0.1, 0.15) is 4.88 Å². The van der Waals surface area contributed by atoms with E-state index in [-0.39, 0.29) is 5.91 Å². The Labute approximate surface area is 160 Å². The highest BCUT2D eigenvalue weighted by Gasteiger charge is 2.17. The first-order valence-electron chi connectivity index (χ1n) is 8.22. The van der Waals surface area contributed by atoms with Crippen LogP contribution in [0.2, 0.25) is 5.02 Å². The zero-order valence-corrected chi connectivity index (χ0v) is 15.4. The highest BCUT2D eigenvalue weighted by atomic mass is 35.5. The monoisotopic (exact) mass is 381 g/mol. The van der Waals surface area contributed by atoms with Gasteiger partial charge in [-0.2, -0.15) is 5.10 Å². The number of amides is 1. The van der Waals surface area contributed by atoms with E-state index in [9.17, 15) is 4.79 Å². The zero-order valence-electron chi connectivity index (χ0n) is 13.9. The van der Waals surface area contributed by atoms with Crippen molar-refractivity contribution < 1.29 is 4.79 Å². The summed E-state index contributed by atoms with van der Waals surface area (Å²) in [4.78, 5) is 13.2. The van der Waals surface area contributed by atoms with Crippen LogP contribution in [0, 0.1) is 0 Å². The Morgan fingerprint density at radius 1 is 1.08 bits per heavy atom. The van der Waals surface area contributed by atoms with Crippen molar-refractivity contribution in [2.24, 2.45) is 0 Å². The summed E-state index contributed by atoms with van der Waals surface area (Å²) in [5.74, 6) is -0.148. The molecule has 4 aromatic rings. The van der Waals surface area contributed by atoms with E-state index in [1.807, 2.05) is 59.4 Å². The second-order valence-corrected chi connectivity index (χ2v) is 7.33. The lowest BCUT2D eigenvalue weighted by molar-refractivity contribution is 0.0955. The number of aromatic nitrogens is 2. The fourth-order valence-corrected chi connectivity index (χ4v) is 4.30. The number of thiophene rings is 1. The number of fused-ring (bicyclic) bond motifs is 1. The molecule has 0 aliphatic carbocycles. The molecule has 130 valence electrons.